The standard InChI is InChI=1S/C11H20N4/c1-10(2)9(11(10,3)4)13-8-7(12)6-15(5)14-8/h6,9H,12H2,1-5H3,(H,13,14). The van der Waals surface area contributed by atoms with Crippen molar-refractivity contribution in [1.29, 1.82) is 0 Å². The van der Waals surface area contributed by atoms with Gasteiger partial charge in [0.1, 0.15) is 0 Å². The summed E-state index contributed by atoms with van der Waals surface area (Å²) >= 11 is 0. The Morgan fingerprint density at radius 3 is 2.20 bits per heavy atom. The zero-order valence-corrected chi connectivity index (χ0v) is 10.1. The second kappa shape index (κ2) is 2.68. The molecule has 1 fully saturated rings. The summed E-state index contributed by atoms with van der Waals surface area (Å²) in [5, 5.41) is 7.73. The maximum atomic E-state index is 5.85. The summed E-state index contributed by atoms with van der Waals surface area (Å²) in [5.74, 6) is 0.807. The first-order valence-corrected chi connectivity index (χ1v) is 5.32. The summed E-state index contributed by atoms with van der Waals surface area (Å²) in [5.41, 5.74) is 7.17. The van der Waals surface area contributed by atoms with Crippen LogP contribution in [-0.4, -0.2) is 15.8 Å². The third kappa shape index (κ3) is 1.31. The predicted octanol–water partition coefficient (Wildman–Crippen LogP) is 1.85. The number of hydrogen-bond donors (Lipinski definition) is 2. The molecule has 0 radical (unpaired) electrons. The Morgan fingerprint density at radius 2 is 1.87 bits per heavy atom. The largest absolute Gasteiger partial charge is 0.394 e. The van der Waals surface area contributed by atoms with E-state index < -0.39 is 0 Å². The average molecular weight is 208 g/mol. The minimum absolute atomic E-state index is 0.303. The van der Waals surface area contributed by atoms with Crippen molar-refractivity contribution in [2.45, 2.75) is 33.7 Å². The Hall–Kier alpha value is -1.19. The van der Waals surface area contributed by atoms with Gasteiger partial charge in [-0.3, -0.25) is 4.68 Å². The van der Waals surface area contributed by atoms with Gasteiger partial charge in [0.05, 0.1) is 5.69 Å². The molecule has 0 saturated heterocycles. The van der Waals surface area contributed by atoms with E-state index in [0.717, 1.165) is 11.5 Å². The van der Waals surface area contributed by atoms with Crippen LogP contribution in [0.25, 0.3) is 0 Å². The molecule has 2 rings (SSSR count). The van der Waals surface area contributed by atoms with E-state index in [2.05, 4.69) is 38.1 Å². The number of aromatic nitrogens is 2. The zero-order valence-electron chi connectivity index (χ0n) is 10.1. The van der Waals surface area contributed by atoms with Crippen LogP contribution in [0.3, 0.4) is 0 Å². The minimum Gasteiger partial charge on any atom is -0.394 e. The molecule has 0 atom stereocenters. The monoisotopic (exact) mass is 208 g/mol. The molecule has 3 N–H and O–H groups in total. The fraction of sp³-hybridized carbons (Fsp3) is 0.727. The summed E-state index contributed by atoms with van der Waals surface area (Å²) in [6.07, 6.45) is 1.82. The van der Waals surface area contributed by atoms with Crippen molar-refractivity contribution in [2.75, 3.05) is 11.1 Å². The molecule has 15 heavy (non-hydrogen) atoms. The third-order valence-electron chi connectivity index (χ3n) is 4.16. The lowest BCUT2D eigenvalue weighted by Gasteiger charge is -2.05. The molecule has 1 heterocycles. The zero-order chi connectivity index (χ0) is 11.4. The van der Waals surface area contributed by atoms with Crippen molar-refractivity contribution in [1.82, 2.24) is 9.78 Å². The van der Waals surface area contributed by atoms with Crippen molar-refractivity contribution in [3.8, 4) is 0 Å². The number of nitrogens with one attached hydrogen (secondary N) is 1. The Morgan fingerprint density at radius 1 is 1.33 bits per heavy atom. The van der Waals surface area contributed by atoms with Crippen molar-refractivity contribution in [3.05, 3.63) is 6.20 Å². The molecule has 1 aromatic rings. The van der Waals surface area contributed by atoms with Crippen LogP contribution in [0.1, 0.15) is 27.7 Å². The van der Waals surface area contributed by atoms with Gasteiger partial charge in [0.15, 0.2) is 5.82 Å². The van der Waals surface area contributed by atoms with E-state index in [4.69, 9.17) is 5.73 Å². The molecule has 0 amide bonds. The highest BCUT2D eigenvalue weighted by atomic mass is 15.3. The maximum Gasteiger partial charge on any atom is 0.171 e. The van der Waals surface area contributed by atoms with Crippen molar-refractivity contribution < 1.29 is 0 Å². The number of nitrogen functional groups attached to an aromatic ring is 1. The van der Waals surface area contributed by atoms with E-state index in [-0.39, 0.29) is 0 Å². The molecule has 0 aliphatic heterocycles. The Labute approximate surface area is 90.8 Å². The molecular weight excluding hydrogens is 188 g/mol. The van der Waals surface area contributed by atoms with E-state index in [1.807, 2.05) is 13.2 Å². The van der Waals surface area contributed by atoms with Gasteiger partial charge in [-0.25, -0.2) is 0 Å². The molecule has 1 aromatic heterocycles. The van der Waals surface area contributed by atoms with Crippen LogP contribution >= 0.6 is 0 Å². The molecule has 0 unspecified atom stereocenters. The Bertz CT molecular complexity index is 375. The lowest BCUT2D eigenvalue weighted by atomic mass is 10.0. The molecule has 0 spiro atoms. The van der Waals surface area contributed by atoms with E-state index in [1.54, 1.807) is 4.68 Å². The summed E-state index contributed by atoms with van der Waals surface area (Å²) in [6.45, 7) is 9.07. The summed E-state index contributed by atoms with van der Waals surface area (Å²) in [6, 6.07) is 0.446. The van der Waals surface area contributed by atoms with E-state index >= 15 is 0 Å². The molecule has 1 aliphatic rings. The fourth-order valence-electron chi connectivity index (χ4n) is 2.31. The number of anilines is 2. The number of aryl methyl sites for hydroxylation is 1. The number of hydrogen-bond acceptors (Lipinski definition) is 3. The maximum absolute atomic E-state index is 5.85. The summed E-state index contributed by atoms with van der Waals surface area (Å²) < 4.78 is 1.74. The first-order chi connectivity index (χ1) is 6.76. The highest BCUT2D eigenvalue weighted by molar-refractivity contribution is 5.61. The van der Waals surface area contributed by atoms with Crippen LogP contribution in [0.15, 0.2) is 6.20 Å². The topological polar surface area (TPSA) is 55.9 Å². The van der Waals surface area contributed by atoms with Crippen LogP contribution in [-0.2, 0) is 7.05 Å². The molecular formula is C11H20N4. The Balaban J connectivity index is 2.16. The van der Waals surface area contributed by atoms with Crippen LogP contribution in [0.2, 0.25) is 0 Å². The van der Waals surface area contributed by atoms with Crippen LogP contribution in [0, 0.1) is 10.8 Å². The summed E-state index contributed by atoms with van der Waals surface area (Å²) in [4.78, 5) is 0. The van der Waals surface area contributed by atoms with Crippen molar-refractivity contribution >= 4 is 11.5 Å². The van der Waals surface area contributed by atoms with Gasteiger partial charge in [-0.2, -0.15) is 5.10 Å². The van der Waals surface area contributed by atoms with Crippen LogP contribution < -0.4 is 11.1 Å². The summed E-state index contributed by atoms with van der Waals surface area (Å²) in [7, 11) is 1.88. The molecule has 4 nitrogen and oxygen atoms in total. The first kappa shape index (κ1) is 10.3. The van der Waals surface area contributed by atoms with Gasteiger partial charge in [-0.05, 0) is 10.8 Å². The van der Waals surface area contributed by atoms with E-state index in [1.165, 1.54) is 0 Å². The quantitative estimate of drug-likeness (QED) is 0.780. The fourth-order valence-corrected chi connectivity index (χ4v) is 2.31. The van der Waals surface area contributed by atoms with Crippen LogP contribution in [0.5, 0.6) is 0 Å². The molecule has 84 valence electrons. The van der Waals surface area contributed by atoms with Gasteiger partial charge in [0.2, 0.25) is 0 Å². The van der Waals surface area contributed by atoms with Crippen molar-refractivity contribution in [2.24, 2.45) is 17.9 Å². The molecule has 4 heteroatoms. The highest BCUT2D eigenvalue weighted by Gasteiger charge is 2.65. The van der Waals surface area contributed by atoms with Gasteiger partial charge in [-0.15, -0.1) is 0 Å². The smallest absolute Gasteiger partial charge is 0.171 e. The van der Waals surface area contributed by atoms with Crippen LogP contribution in [0.4, 0.5) is 11.5 Å². The SMILES string of the molecule is Cn1cc(N)c(NC2C(C)(C)C2(C)C)n1. The van der Waals surface area contributed by atoms with Gasteiger partial charge >= 0.3 is 0 Å². The Kier molecular flexibility index (Phi) is 1.85. The van der Waals surface area contributed by atoms with E-state index in [0.29, 0.717) is 16.9 Å². The lowest BCUT2D eigenvalue weighted by Crippen LogP contribution is -2.11. The molecule has 0 bridgehead atoms. The molecule has 1 aliphatic carbocycles. The van der Waals surface area contributed by atoms with E-state index in [9.17, 15) is 0 Å². The average Bonchev–Trinajstić information content (AvgIpc) is 2.41. The normalized spacial score (nSPS) is 22.7. The highest BCUT2D eigenvalue weighted by Crippen LogP contribution is 2.63. The minimum atomic E-state index is 0.303. The molecule has 0 aromatic carbocycles. The van der Waals surface area contributed by atoms with Crippen molar-refractivity contribution in [3.63, 3.8) is 0 Å². The number of rotatable bonds is 2. The molecule has 1 saturated carbocycles. The second-order valence-corrected chi connectivity index (χ2v) is 5.63. The number of nitrogens with two attached hydrogens (primary N) is 1. The van der Waals surface area contributed by atoms with Gasteiger partial charge < -0.3 is 11.1 Å². The number of nitrogens with zero attached hydrogens (tertiary/aromatic N) is 2. The third-order valence-corrected chi connectivity index (χ3v) is 4.16. The van der Waals surface area contributed by atoms with Gasteiger partial charge in [0.25, 0.3) is 0 Å². The predicted molar refractivity (Wildman–Crippen MR) is 62.6 cm³/mol. The van der Waals surface area contributed by atoms with Gasteiger partial charge in [-0.1, -0.05) is 27.7 Å². The lowest BCUT2D eigenvalue weighted by molar-refractivity contribution is 0.457. The first-order valence-electron chi connectivity index (χ1n) is 5.32. The second-order valence-electron chi connectivity index (χ2n) is 5.63. The van der Waals surface area contributed by atoms with Gasteiger partial charge in [0, 0.05) is 19.3 Å².